The van der Waals surface area contributed by atoms with Gasteiger partial charge in [0.05, 0.1) is 12.1 Å². The molecule has 0 unspecified atom stereocenters. The fraction of sp³-hybridized carbons (Fsp3) is 0.400. The van der Waals surface area contributed by atoms with Crippen LogP contribution in [-0.4, -0.2) is 26.7 Å². The van der Waals surface area contributed by atoms with Gasteiger partial charge in [0.1, 0.15) is 6.61 Å². The van der Waals surface area contributed by atoms with Crippen molar-refractivity contribution in [2.75, 3.05) is 26.7 Å². The molecule has 0 amide bonds. The van der Waals surface area contributed by atoms with Crippen LogP contribution in [0.2, 0.25) is 10.0 Å². The summed E-state index contributed by atoms with van der Waals surface area (Å²) >= 11 is 12.3. The predicted octanol–water partition coefficient (Wildman–Crippen LogP) is 4.67. The molecule has 0 heterocycles. The van der Waals surface area contributed by atoms with E-state index in [0.29, 0.717) is 28.2 Å². The van der Waals surface area contributed by atoms with Crippen molar-refractivity contribution in [2.24, 2.45) is 0 Å². The fourth-order valence-corrected chi connectivity index (χ4v) is 2.91. The first kappa shape index (κ1) is 20.8. The van der Waals surface area contributed by atoms with E-state index in [1.807, 2.05) is 36.4 Å². The van der Waals surface area contributed by atoms with E-state index in [0.717, 1.165) is 43.7 Å². The Balaban J connectivity index is 1.94. The average molecular weight is 397 g/mol. The zero-order chi connectivity index (χ0) is 18.8. The molecule has 142 valence electrons. The third kappa shape index (κ3) is 6.69. The van der Waals surface area contributed by atoms with Gasteiger partial charge in [-0.15, -0.1) is 0 Å². The number of hydrogen-bond donors (Lipinski definition) is 2. The molecule has 6 heteroatoms. The zero-order valence-electron chi connectivity index (χ0n) is 15.3. The van der Waals surface area contributed by atoms with Gasteiger partial charge in [-0.05, 0) is 61.4 Å². The normalized spacial score (nSPS) is 10.8. The van der Waals surface area contributed by atoms with Crippen molar-refractivity contribution >= 4 is 23.2 Å². The summed E-state index contributed by atoms with van der Waals surface area (Å²) < 4.78 is 11.3. The lowest BCUT2D eigenvalue weighted by Crippen LogP contribution is -2.21. The lowest BCUT2D eigenvalue weighted by atomic mass is 10.2. The Hall–Kier alpha value is -1.46. The summed E-state index contributed by atoms with van der Waals surface area (Å²) in [6.45, 7) is 6.21. The SMILES string of the molecule is CCNCCCNCc1cc(Cl)c(OCc2ccc(Cl)cc2)c(OC)c1. The van der Waals surface area contributed by atoms with Crippen LogP contribution in [0.5, 0.6) is 11.5 Å². The van der Waals surface area contributed by atoms with Crippen molar-refractivity contribution in [3.05, 3.63) is 57.6 Å². The van der Waals surface area contributed by atoms with Gasteiger partial charge in [-0.2, -0.15) is 0 Å². The molecule has 0 spiro atoms. The van der Waals surface area contributed by atoms with E-state index in [1.54, 1.807) is 7.11 Å². The second kappa shape index (κ2) is 11.3. The van der Waals surface area contributed by atoms with Crippen LogP contribution in [-0.2, 0) is 13.2 Å². The molecule has 2 aromatic carbocycles. The molecule has 0 aliphatic rings. The summed E-state index contributed by atoms with van der Waals surface area (Å²) in [6.07, 6.45) is 1.08. The molecule has 0 bridgehead atoms. The largest absolute Gasteiger partial charge is 0.493 e. The Morgan fingerprint density at radius 1 is 0.962 bits per heavy atom. The summed E-state index contributed by atoms with van der Waals surface area (Å²) in [5.41, 5.74) is 2.08. The molecule has 0 saturated carbocycles. The molecule has 26 heavy (non-hydrogen) atoms. The van der Waals surface area contributed by atoms with Crippen LogP contribution >= 0.6 is 23.2 Å². The first-order chi connectivity index (χ1) is 12.6. The van der Waals surface area contributed by atoms with E-state index < -0.39 is 0 Å². The topological polar surface area (TPSA) is 42.5 Å². The molecule has 0 radical (unpaired) electrons. The van der Waals surface area contributed by atoms with Crippen molar-refractivity contribution in [2.45, 2.75) is 26.5 Å². The Kier molecular flexibility index (Phi) is 9.06. The summed E-state index contributed by atoms with van der Waals surface area (Å²) in [7, 11) is 1.62. The molecule has 0 fully saturated rings. The molecule has 2 aromatic rings. The molecular formula is C20H26Cl2N2O2. The minimum atomic E-state index is 0.398. The maximum Gasteiger partial charge on any atom is 0.180 e. The first-order valence-corrected chi connectivity index (χ1v) is 9.54. The van der Waals surface area contributed by atoms with E-state index in [4.69, 9.17) is 32.7 Å². The highest BCUT2D eigenvalue weighted by atomic mass is 35.5. The van der Waals surface area contributed by atoms with E-state index in [1.165, 1.54) is 0 Å². The number of halogens is 2. The number of ether oxygens (including phenoxy) is 2. The quantitative estimate of drug-likeness (QED) is 0.541. The van der Waals surface area contributed by atoms with E-state index in [-0.39, 0.29) is 0 Å². The molecule has 0 aliphatic carbocycles. The number of hydrogen-bond acceptors (Lipinski definition) is 4. The van der Waals surface area contributed by atoms with Gasteiger partial charge >= 0.3 is 0 Å². The molecule has 0 aliphatic heterocycles. The maximum atomic E-state index is 6.42. The Morgan fingerprint density at radius 2 is 1.69 bits per heavy atom. The smallest absolute Gasteiger partial charge is 0.180 e. The molecule has 0 atom stereocenters. The van der Waals surface area contributed by atoms with Crippen LogP contribution in [0.25, 0.3) is 0 Å². The van der Waals surface area contributed by atoms with Crippen LogP contribution < -0.4 is 20.1 Å². The van der Waals surface area contributed by atoms with Crippen molar-refractivity contribution in [3.63, 3.8) is 0 Å². The van der Waals surface area contributed by atoms with Gasteiger partial charge in [0.15, 0.2) is 11.5 Å². The van der Waals surface area contributed by atoms with E-state index in [9.17, 15) is 0 Å². The summed E-state index contributed by atoms with van der Waals surface area (Å²) in [6, 6.07) is 11.4. The highest BCUT2D eigenvalue weighted by Gasteiger charge is 2.12. The van der Waals surface area contributed by atoms with Gasteiger partial charge in [-0.1, -0.05) is 42.3 Å². The van der Waals surface area contributed by atoms with Gasteiger partial charge in [-0.25, -0.2) is 0 Å². The number of rotatable bonds is 11. The minimum Gasteiger partial charge on any atom is -0.493 e. The van der Waals surface area contributed by atoms with Gasteiger partial charge in [-0.3, -0.25) is 0 Å². The number of benzene rings is 2. The second-order valence-electron chi connectivity index (χ2n) is 5.91. The number of nitrogens with one attached hydrogen (secondary N) is 2. The second-order valence-corrected chi connectivity index (χ2v) is 6.75. The maximum absolute atomic E-state index is 6.42. The van der Waals surface area contributed by atoms with E-state index >= 15 is 0 Å². The predicted molar refractivity (Wildman–Crippen MR) is 109 cm³/mol. The summed E-state index contributed by atoms with van der Waals surface area (Å²) in [4.78, 5) is 0. The van der Waals surface area contributed by atoms with Gasteiger partial charge in [0.2, 0.25) is 0 Å². The lowest BCUT2D eigenvalue weighted by Gasteiger charge is -2.15. The zero-order valence-corrected chi connectivity index (χ0v) is 16.8. The third-order valence-electron chi connectivity index (χ3n) is 3.87. The highest BCUT2D eigenvalue weighted by molar-refractivity contribution is 6.32. The molecular weight excluding hydrogens is 371 g/mol. The molecule has 0 saturated heterocycles. The Labute approximate surface area is 165 Å². The molecule has 2 N–H and O–H groups in total. The molecule has 0 aromatic heterocycles. The summed E-state index contributed by atoms with van der Waals surface area (Å²) in [5.74, 6) is 1.19. The summed E-state index contributed by atoms with van der Waals surface area (Å²) in [5, 5.41) is 7.97. The average Bonchev–Trinajstić information content (AvgIpc) is 2.64. The van der Waals surface area contributed by atoms with Crippen molar-refractivity contribution < 1.29 is 9.47 Å². The van der Waals surface area contributed by atoms with E-state index in [2.05, 4.69) is 17.6 Å². The van der Waals surface area contributed by atoms with Crippen LogP contribution in [0.3, 0.4) is 0 Å². The Bertz CT molecular complexity index is 678. The Morgan fingerprint density at radius 3 is 2.38 bits per heavy atom. The van der Waals surface area contributed by atoms with Crippen LogP contribution in [0.1, 0.15) is 24.5 Å². The molecule has 2 rings (SSSR count). The van der Waals surface area contributed by atoms with Gasteiger partial charge in [0.25, 0.3) is 0 Å². The van der Waals surface area contributed by atoms with Crippen molar-refractivity contribution in [3.8, 4) is 11.5 Å². The minimum absolute atomic E-state index is 0.398. The van der Waals surface area contributed by atoms with Gasteiger partial charge in [0, 0.05) is 11.6 Å². The monoisotopic (exact) mass is 396 g/mol. The standard InChI is InChI=1S/C20H26Cl2N2O2/c1-3-23-9-4-10-24-13-16-11-18(22)20(19(12-16)25-2)26-14-15-5-7-17(21)8-6-15/h5-8,11-12,23-24H,3-4,9-10,13-14H2,1-2H3. The first-order valence-electron chi connectivity index (χ1n) is 8.79. The van der Waals surface area contributed by atoms with Crippen molar-refractivity contribution in [1.29, 1.82) is 0 Å². The number of methoxy groups -OCH3 is 1. The van der Waals surface area contributed by atoms with Gasteiger partial charge < -0.3 is 20.1 Å². The molecule has 4 nitrogen and oxygen atoms in total. The van der Waals surface area contributed by atoms with Crippen LogP contribution in [0.4, 0.5) is 0 Å². The fourth-order valence-electron chi connectivity index (χ4n) is 2.50. The third-order valence-corrected chi connectivity index (χ3v) is 4.40. The lowest BCUT2D eigenvalue weighted by molar-refractivity contribution is 0.284. The van der Waals surface area contributed by atoms with Crippen LogP contribution in [0.15, 0.2) is 36.4 Å². The van der Waals surface area contributed by atoms with Crippen molar-refractivity contribution in [1.82, 2.24) is 10.6 Å². The van der Waals surface area contributed by atoms with Crippen LogP contribution in [0, 0.1) is 0 Å². The highest BCUT2D eigenvalue weighted by Crippen LogP contribution is 2.37.